The van der Waals surface area contributed by atoms with Crippen molar-refractivity contribution >= 4 is 11.6 Å². The molecule has 6 nitrogen and oxygen atoms in total. The molecule has 0 bridgehead atoms. The van der Waals surface area contributed by atoms with E-state index in [1.165, 1.54) is 6.07 Å². The molecule has 0 unspecified atom stereocenters. The quantitative estimate of drug-likeness (QED) is 0.524. The van der Waals surface area contributed by atoms with E-state index in [2.05, 4.69) is 25.8 Å². The van der Waals surface area contributed by atoms with E-state index in [0.29, 0.717) is 43.4 Å². The zero-order valence-corrected chi connectivity index (χ0v) is 14.4. The van der Waals surface area contributed by atoms with Crippen molar-refractivity contribution in [3.05, 3.63) is 65.6 Å². The largest absolute Gasteiger partial charge is 0.357 e. The molecular weight excluding hydrogens is 338 g/mol. The van der Waals surface area contributed by atoms with E-state index in [1.54, 1.807) is 6.07 Å². The van der Waals surface area contributed by atoms with Gasteiger partial charge in [-0.05, 0) is 37.1 Å². The molecule has 0 radical (unpaired) electrons. The highest BCUT2D eigenvalue weighted by molar-refractivity contribution is 5.79. The van der Waals surface area contributed by atoms with Crippen LogP contribution in [0.15, 0.2) is 47.6 Å². The van der Waals surface area contributed by atoms with Crippen LogP contribution in [0.5, 0.6) is 0 Å². The standard InChI is InChI=1S/C18H20F2N6/c1-2-21-18(22-10-9-13-6-5-7-14(19)17(13)20)23-12-16-25-24-15-8-3-4-11-26(15)16/h3-8,11H,2,9-10,12H2,1H3,(H2,21,22,23). The average Bonchev–Trinajstić information content (AvgIpc) is 3.06. The highest BCUT2D eigenvalue weighted by Gasteiger charge is 2.08. The van der Waals surface area contributed by atoms with Gasteiger partial charge in [0, 0.05) is 19.3 Å². The third-order valence-electron chi connectivity index (χ3n) is 3.83. The molecule has 3 aromatic rings. The lowest BCUT2D eigenvalue weighted by molar-refractivity contribution is 0.498. The Morgan fingerprint density at radius 1 is 1.12 bits per heavy atom. The van der Waals surface area contributed by atoms with Crippen molar-refractivity contribution in [1.82, 2.24) is 25.2 Å². The first-order valence-electron chi connectivity index (χ1n) is 8.42. The molecule has 2 heterocycles. The number of aromatic nitrogens is 3. The second-order valence-corrected chi connectivity index (χ2v) is 5.63. The van der Waals surface area contributed by atoms with Gasteiger partial charge in [-0.2, -0.15) is 0 Å². The van der Waals surface area contributed by atoms with E-state index in [4.69, 9.17) is 0 Å². The van der Waals surface area contributed by atoms with Crippen LogP contribution in [0.4, 0.5) is 8.78 Å². The minimum absolute atomic E-state index is 0.330. The molecule has 2 N–H and O–H groups in total. The Morgan fingerprint density at radius 2 is 2.00 bits per heavy atom. The van der Waals surface area contributed by atoms with Crippen molar-refractivity contribution in [2.75, 3.05) is 13.1 Å². The molecule has 8 heteroatoms. The summed E-state index contributed by atoms with van der Waals surface area (Å²) in [4.78, 5) is 4.48. The third kappa shape index (κ3) is 4.14. The Labute approximate surface area is 150 Å². The van der Waals surface area contributed by atoms with Gasteiger partial charge >= 0.3 is 0 Å². The molecule has 0 amide bonds. The molecule has 3 rings (SSSR count). The number of guanidine groups is 1. The SMILES string of the molecule is CCNC(=NCc1nnc2ccccn12)NCCc1cccc(F)c1F. The maximum absolute atomic E-state index is 13.7. The Morgan fingerprint density at radius 3 is 2.85 bits per heavy atom. The number of pyridine rings is 1. The van der Waals surface area contributed by atoms with Gasteiger partial charge in [-0.15, -0.1) is 10.2 Å². The van der Waals surface area contributed by atoms with Crippen molar-refractivity contribution in [3.63, 3.8) is 0 Å². The van der Waals surface area contributed by atoms with Gasteiger partial charge in [0.2, 0.25) is 0 Å². The van der Waals surface area contributed by atoms with Crippen LogP contribution in [-0.2, 0) is 13.0 Å². The number of rotatable bonds is 6. The summed E-state index contributed by atoms with van der Waals surface area (Å²) in [5, 5.41) is 14.5. The summed E-state index contributed by atoms with van der Waals surface area (Å²) in [5.74, 6) is -0.334. The Balaban J connectivity index is 1.63. The monoisotopic (exact) mass is 358 g/mol. The maximum Gasteiger partial charge on any atom is 0.191 e. The van der Waals surface area contributed by atoms with Crippen molar-refractivity contribution in [1.29, 1.82) is 0 Å². The lowest BCUT2D eigenvalue weighted by Gasteiger charge is -2.11. The van der Waals surface area contributed by atoms with Gasteiger partial charge < -0.3 is 10.6 Å². The lowest BCUT2D eigenvalue weighted by atomic mass is 10.1. The molecule has 136 valence electrons. The number of hydrogen-bond donors (Lipinski definition) is 2. The van der Waals surface area contributed by atoms with Gasteiger partial charge in [0.05, 0.1) is 0 Å². The Kier molecular flexibility index (Phi) is 5.73. The van der Waals surface area contributed by atoms with Crippen LogP contribution in [0, 0.1) is 11.6 Å². The molecule has 0 aliphatic rings. The molecule has 2 aromatic heterocycles. The fraction of sp³-hybridized carbons (Fsp3) is 0.278. The molecular formula is C18H20F2N6. The first-order valence-corrected chi connectivity index (χ1v) is 8.42. The summed E-state index contributed by atoms with van der Waals surface area (Å²) in [6.07, 6.45) is 2.23. The van der Waals surface area contributed by atoms with E-state index < -0.39 is 11.6 Å². The predicted octanol–water partition coefficient (Wildman–Crippen LogP) is 2.31. The molecule has 0 aliphatic carbocycles. The lowest BCUT2D eigenvalue weighted by Crippen LogP contribution is -2.38. The predicted molar refractivity (Wildman–Crippen MR) is 95.9 cm³/mol. The smallest absolute Gasteiger partial charge is 0.191 e. The summed E-state index contributed by atoms with van der Waals surface area (Å²) in [7, 11) is 0. The summed E-state index contributed by atoms with van der Waals surface area (Å²) < 4.78 is 28.8. The van der Waals surface area contributed by atoms with Gasteiger partial charge in [0.1, 0.15) is 6.54 Å². The van der Waals surface area contributed by atoms with Crippen molar-refractivity contribution in [2.45, 2.75) is 19.9 Å². The van der Waals surface area contributed by atoms with E-state index in [9.17, 15) is 8.78 Å². The zero-order chi connectivity index (χ0) is 18.4. The van der Waals surface area contributed by atoms with Crippen LogP contribution in [0.3, 0.4) is 0 Å². The number of nitrogens with one attached hydrogen (secondary N) is 2. The molecule has 26 heavy (non-hydrogen) atoms. The van der Waals surface area contributed by atoms with Gasteiger partial charge in [0.25, 0.3) is 0 Å². The zero-order valence-electron chi connectivity index (χ0n) is 14.4. The number of halogens is 2. The Hall–Kier alpha value is -3.03. The number of nitrogens with zero attached hydrogens (tertiary/aromatic N) is 4. The molecule has 0 saturated carbocycles. The van der Waals surface area contributed by atoms with Crippen molar-refractivity contribution < 1.29 is 8.78 Å². The third-order valence-corrected chi connectivity index (χ3v) is 3.83. The molecule has 0 fully saturated rings. The van der Waals surface area contributed by atoms with E-state index in [1.807, 2.05) is 35.7 Å². The first-order chi connectivity index (χ1) is 12.7. The highest BCUT2D eigenvalue weighted by atomic mass is 19.2. The number of aliphatic imine (C=N–C) groups is 1. The molecule has 0 atom stereocenters. The van der Waals surface area contributed by atoms with E-state index in [-0.39, 0.29) is 0 Å². The fourth-order valence-corrected chi connectivity index (χ4v) is 2.55. The second kappa shape index (κ2) is 8.37. The Bertz CT molecular complexity index is 906. The van der Waals surface area contributed by atoms with Gasteiger partial charge in [-0.3, -0.25) is 4.40 Å². The van der Waals surface area contributed by atoms with Gasteiger partial charge in [-0.1, -0.05) is 18.2 Å². The van der Waals surface area contributed by atoms with Crippen LogP contribution in [0.25, 0.3) is 5.65 Å². The second-order valence-electron chi connectivity index (χ2n) is 5.63. The van der Waals surface area contributed by atoms with Crippen LogP contribution < -0.4 is 10.6 Å². The number of benzene rings is 1. The summed E-state index contributed by atoms with van der Waals surface area (Å²) >= 11 is 0. The highest BCUT2D eigenvalue weighted by Crippen LogP contribution is 2.11. The summed E-state index contributed by atoms with van der Waals surface area (Å²) in [6.45, 7) is 3.40. The fourth-order valence-electron chi connectivity index (χ4n) is 2.55. The van der Waals surface area contributed by atoms with Gasteiger partial charge in [-0.25, -0.2) is 13.8 Å². The minimum atomic E-state index is -0.832. The molecule has 1 aromatic carbocycles. The van der Waals surface area contributed by atoms with Gasteiger partial charge in [0.15, 0.2) is 29.1 Å². The minimum Gasteiger partial charge on any atom is -0.357 e. The van der Waals surface area contributed by atoms with Crippen molar-refractivity contribution in [2.24, 2.45) is 4.99 Å². The topological polar surface area (TPSA) is 66.6 Å². The van der Waals surface area contributed by atoms with Crippen molar-refractivity contribution in [3.8, 4) is 0 Å². The van der Waals surface area contributed by atoms with Crippen LogP contribution in [0.2, 0.25) is 0 Å². The molecule has 0 saturated heterocycles. The molecule has 0 spiro atoms. The average molecular weight is 358 g/mol. The molecule has 0 aliphatic heterocycles. The van der Waals surface area contributed by atoms with Crippen LogP contribution in [-0.4, -0.2) is 33.6 Å². The number of fused-ring (bicyclic) bond motifs is 1. The normalized spacial score (nSPS) is 11.7. The van der Waals surface area contributed by atoms with E-state index >= 15 is 0 Å². The summed E-state index contributed by atoms with van der Waals surface area (Å²) in [6, 6.07) is 9.86. The number of hydrogen-bond acceptors (Lipinski definition) is 3. The van der Waals surface area contributed by atoms with E-state index in [0.717, 1.165) is 11.7 Å². The maximum atomic E-state index is 13.7. The first kappa shape index (κ1) is 17.8. The van der Waals surface area contributed by atoms with Crippen LogP contribution >= 0.6 is 0 Å². The summed E-state index contributed by atoms with van der Waals surface area (Å²) in [5.41, 5.74) is 1.09. The van der Waals surface area contributed by atoms with Crippen LogP contribution in [0.1, 0.15) is 18.3 Å².